The van der Waals surface area contributed by atoms with E-state index in [1.54, 1.807) is 0 Å². The monoisotopic (exact) mass is 426 g/mol. The summed E-state index contributed by atoms with van der Waals surface area (Å²) in [4.78, 5) is 51.2. The van der Waals surface area contributed by atoms with Gasteiger partial charge in [0.1, 0.15) is 6.04 Å². The van der Waals surface area contributed by atoms with Gasteiger partial charge in [-0.2, -0.15) is 13.2 Å². The van der Waals surface area contributed by atoms with Crippen molar-refractivity contribution in [3.05, 3.63) is 34.9 Å². The standard InChI is InChI=1S/C19H21F3N4O4/c20-19(21,22)10-25(8-2-7-23)9-11-3-1-4-12-15(11)18(30)26(17(12)29)13-5-6-14(27)24-16(13)28/h1,3-4,13H,2,5-10,23H2,(H,24,27,28). The van der Waals surface area contributed by atoms with Crippen LogP contribution in [0.2, 0.25) is 0 Å². The molecule has 4 amide bonds. The number of nitrogens with one attached hydrogen (secondary N) is 1. The highest BCUT2D eigenvalue weighted by Crippen LogP contribution is 2.31. The van der Waals surface area contributed by atoms with Crippen molar-refractivity contribution < 1.29 is 32.3 Å². The molecule has 1 aromatic carbocycles. The van der Waals surface area contributed by atoms with Gasteiger partial charge in [0.05, 0.1) is 17.7 Å². The number of hydrogen-bond acceptors (Lipinski definition) is 6. The van der Waals surface area contributed by atoms with Crippen LogP contribution in [0.1, 0.15) is 45.5 Å². The van der Waals surface area contributed by atoms with Gasteiger partial charge in [0.25, 0.3) is 11.8 Å². The Morgan fingerprint density at radius 2 is 1.90 bits per heavy atom. The maximum absolute atomic E-state index is 13.0. The third-order valence-electron chi connectivity index (χ3n) is 5.03. The normalized spacial score (nSPS) is 19.5. The zero-order valence-electron chi connectivity index (χ0n) is 16.0. The Morgan fingerprint density at radius 3 is 2.53 bits per heavy atom. The van der Waals surface area contributed by atoms with E-state index in [9.17, 15) is 32.3 Å². The number of rotatable bonds is 7. The van der Waals surface area contributed by atoms with Crippen molar-refractivity contribution in [2.75, 3.05) is 19.6 Å². The first kappa shape index (κ1) is 21.9. The topological polar surface area (TPSA) is 113 Å². The lowest BCUT2D eigenvalue weighted by Crippen LogP contribution is -2.54. The van der Waals surface area contributed by atoms with Crippen LogP contribution in [0.5, 0.6) is 0 Å². The number of halogens is 3. The van der Waals surface area contributed by atoms with E-state index in [0.29, 0.717) is 6.42 Å². The van der Waals surface area contributed by atoms with Gasteiger partial charge in [0.15, 0.2) is 0 Å². The number of carbonyl (C=O) groups excluding carboxylic acids is 4. The van der Waals surface area contributed by atoms with Crippen molar-refractivity contribution in [3.63, 3.8) is 0 Å². The van der Waals surface area contributed by atoms with E-state index in [2.05, 4.69) is 5.32 Å². The first-order chi connectivity index (χ1) is 14.1. The highest BCUT2D eigenvalue weighted by Gasteiger charge is 2.45. The van der Waals surface area contributed by atoms with Gasteiger partial charge in [-0.15, -0.1) is 0 Å². The molecule has 0 aromatic heterocycles. The number of piperidine rings is 1. The predicted molar refractivity (Wildman–Crippen MR) is 98.1 cm³/mol. The molecule has 2 heterocycles. The SMILES string of the molecule is NCCCN(Cc1cccc2c1C(=O)N(C1CCC(=O)NC1=O)C2=O)CC(F)(F)F. The van der Waals surface area contributed by atoms with Crippen molar-refractivity contribution in [1.82, 2.24) is 15.1 Å². The summed E-state index contributed by atoms with van der Waals surface area (Å²) in [5.41, 5.74) is 5.71. The number of imide groups is 2. The van der Waals surface area contributed by atoms with Gasteiger partial charge < -0.3 is 5.73 Å². The van der Waals surface area contributed by atoms with Crippen molar-refractivity contribution in [2.45, 2.75) is 38.0 Å². The molecule has 1 saturated heterocycles. The summed E-state index contributed by atoms with van der Waals surface area (Å²) >= 11 is 0. The molecule has 0 bridgehead atoms. The van der Waals surface area contributed by atoms with Crippen LogP contribution in [-0.2, 0) is 16.1 Å². The number of alkyl halides is 3. The summed E-state index contributed by atoms with van der Waals surface area (Å²) in [5, 5.41) is 2.10. The summed E-state index contributed by atoms with van der Waals surface area (Å²) in [6, 6.07) is 3.25. The molecule has 2 aliphatic rings. The fourth-order valence-corrected chi connectivity index (χ4v) is 3.74. The maximum atomic E-state index is 13.0. The van der Waals surface area contributed by atoms with Crippen LogP contribution < -0.4 is 11.1 Å². The minimum Gasteiger partial charge on any atom is -0.330 e. The molecular formula is C19H21F3N4O4. The minimum absolute atomic E-state index is 0.00215. The van der Waals surface area contributed by atoms with Crippen LogP contribution >= 0.6 is 0 Å². The van der Waals surface area contributed by atoms with Gasteiger partial charge >= 0.3 is 6.18 Å². The Balaban J connectivity index is 1.88. The molecule has 8 nitrogen and oxygen atoms in total. The average Bonchev–Trinajstić information content (AvgIpc) is 2.90. The molecule has 3 rings (SSSR count). The van der Waals surface area contributed by atoms with Gasteiger partial charge in [0, 0.05) is 19.5 Å². The van der Waals surface area contributed by atoms with Gasteiger partial charge in [-0.1, -0.05) is 12.1 Å². The fraction of sp³-hybridized carbons (Fsp3) is 0.474. The molecular weight excluding hydrogens is 405 g/mol. The number of amides is 4. The number of carbonyl (C=O) groups is 4. The summed E-state index contributed by atoms with van der Waals surface area (Å²) in [5.74, 6) is -2.68. The Hall–Kier alpha value is -2.79. The lowest BCUT2D eigenvalue weighted by molar-refractivity contribution is -0.147. The van der Waals surface area contributed by atoms with E-state index in [4.69, 9.17) is 5.73 Å². The minimum atomic E-state index is -4.44. The van der Waals surface area contributed by atoms with Crippen LogP contribution in [0.15, 0.2) is 18.2 Å². The quantitative estimate of drug-likeness (QED) is 0.624. The van der Waals surface area contributed by atoms with Gasteiger partial charge in [0.2, 0.25) is 11.8 Å². The number of benzene rings is 1. The van der Waals surface area contributed by atoms with Gasteiger partial charge in [-0.05, 0) is 31.0 Å². The molecule has 2 aliphatic heterocycles. The Labute approximate surface area is 170 Å². The zero-order valence-corrected chi connectivity index (χ0v) is 16.0. The molecule has 1 aromatic rings. The second kappa shape index (κ2) is 8.52. The van der Waals surface area contributed by atoms with E-state index in [1.807, 2.05) is 0 Å². The third kappa shape index (κ3) is 4.51. The molecule has 11 heteroatoms. The lowest BCUT2D eigenvalue weighted by atomic mass is 10.0. The first-order valence-electron chi connectivity index (χ1n) is 9.45. The highest BCUT2D eigenvalue weighted by atomic mass is 19.4. The summed E-state index contributed by atoms with van der Waals surface area (Å²) < 4.78 is 38.9. The predicted octanol–water partition coefficient (Wildman–Crippen LogP) is 0.801. The van der Waals surface area contributed by atoms with E-state index in [0.717, 1.165) is 9.80 Å². The highest BCUT2D eigenvalue weighted by molar-refractivity contribution is 6.24. The molecule has 3 N–H and O–H groups in total. The average molecular weight is 426 g/mol. The van der Waals surface area contributed by atoms with Crippen molar-refractivity contribution in [2.24, 2.45) is 5.73 Å². The smallest absolute Gasteiger partial charge is 0.330 e. The largest absolute Gasteiger partial charge is 0.401 e. The first-order valence-corrected chi connectivity index (χ1v) is 9.45. The molecule has 0 radical (unpaired) electrons. The summed E-state index contributed by atoms with van der Waals surface area (Å²) in [6.07, 6.45) is -4.12. The molecule has 1 fully saturated rings. The second-order valence-electron chi connectivity index (χ2n) is 7.25. The van der Waals surface area contributed by atoms with Crippen molar-refractivity contribution in [3.8, 4) is 0 Å². The number of fused-ring (bicyclic) bond motifs is 1. The van der Waals surface area contributed by atoms with E-state index in [1.165, 1.54) is 18.2 Å². The van der Waals surface area contributed by atoms with E-state index in [-0.39, 0.29) is 49.2 Å². The van der Waals surface area contributed by atoms with Gasteiger partial charge in [-0.25, -0.2) is 0 Å². The fourth-order valence-electron chi connectivity index (χ4n) is 3.74. The molecule has 30 heavy (non-hydrogen) atoms. The molecule has 0 saturated carbocycles. The van der Waals surface area contributed by atoms with Crippen LogP contribution in [-0.4, -0.2) is 65.3 Å². The number of nitrogens with zero attached hydrogens (tertiary/aromatic N) is 2. The van der Waals surface area contributed by atoms with Crippen LogP contribution in [0.25, 0.3) is 0 Å². The second-order valence-corrected chi connectivity index (χ2v) is 7.25. The summed E-state index contributed by atoms with van der Waals surface area (Å²) in [7, 11) is 0. The van der Waals surface area contributed by atoms with E-state index >= 15 is 0 Å². The van der Waals surface area contributed by atoms with Crippen LogP contribution in [0.4, 0.5) is 13.2 Å². The molecule has 0 aliphatic carbocycles. The van der Waals surface area contributed by atoms with Gasteiger partial charge in [-0.3, -0.25) is 34.3 Å². The third-order valence-corrected chi connectivity index (χ3v) is 5.03. The maximum Gasteiger partial charge on any atom is 0.401 e. The van der Waals surface area contributed by atoms with Crippen molar-refractivity contribution >= 4 is 23.6 Å². The Bertz CT molecular complexity index is 887. The molecule has 0 spiro atoms. The zero-order chi connectivity index (χ0) is 22.1. The number of hydrogen-bond donors (Lipinski definition) is 2. The van der Waals surface area contributed by atoms with Crippen LogP contribution in [0, 0.1) is 0 Å². The number of nitrogens with two attached hydrogens (primary N) is 1. The molecule has 162 valence electrons. The summed E-state index contributed by atoms with van der Waals surface area (Å²) in [6.45, 7) is -1.11. The lowest BCUT2D eigenvalue weighted by Gasteiger charge is -2.28. The van der Waals surface area contributed by atoms with Crippen molar-refractivity contribution in [1.29, 1.82) is 0 Å². The Morgan fingerprint density at radius 1 is 1.17 bits per heavy atom. The van der Waals surface area contributed by atoms with E-state index < -0.39 is 42.4 Å². The Kier molecular flexibility index (Phi) is 6.22. The molecule has 1 unspecified atom stereocenters. The molecule has 1 atom stereocenters. The van der Waals surface area contributed by atoms with Crippen LogP contribution in [0.3, 0.4) is 0 Å².